The van der Waals surface area contributed by atoms with Gasteiger partial charge in [-0.15, -0.1) is 0 Å². The van der Waals surface area contributed by atoms with Crippen LogP contribution in [-0.2, 0) is 19.1 Å². The summed E-state index contributed by atoms with van der Waals surface area (Å²) in [5.74, 6) is -2.85. The number of Topliss-reactive ketones (excluding diaryl/α,β-unsaturated/α-hetero) is 1. The van der Waals surface area contributed by atoms with Gasteiger partial charge in [0.25, 0.3) is 0 Å². The van der Waals surface area contributed by atoms with Gasteiger partial charge in [-0.25, -0.2) is 0 Å². The minimum absolute atomic E-state index is 0.0194. The molecule has 0 N–H and O–H groups in total. The second-order valence-corrected chi connectivity index (χ2v) is 9.52. The Labute approximate surface area is 234 Å². The minimum atomic E-state index is -1.17. The van der Waals surface area contributed by atoms with Gasteiger partial charge in [0.2, 0.25) is 0 Å². The van der Waals surface area contributed by atoms with Gasteiger partial charge in [0.05, 0.1) is 27.9 Å². The molecule has 40 heavy (non-hydrogen) atoms. The maximum absolute atomic E-state index is 14.3. The number of carbonyl (C=O) groups is 3. The van der Waals surface area contributed by atoms with Crippen LogP contribution in [0.15, 0.2) is 78.9 Å². The van der Waals surface area contributed by atoms with Crippen molar-refractivity contribution in [3.63, 3.8) is 0 Å². The number of esters is 1. The Balaban J connectivity index is 1.93. The van der Waals surface area contributed by atoms with Gasteiger partial charge in [-0.3, -0.25) is 14.4 Å². The van der Waals surface area contributed by atoms with Crippen molar-refractivity contribution < 1.29 is 33.3 Å². The summed E-state index contributed by atoms with van der Waals surface area (Å²) in [7, 11) is 4.65. The van der Waals surface area contributed by atoms with Crippen molar-refractivity contribution in [3.05, 3.63) is 95.6 Å². The molecule has 208 valence electrons. The van der Waals surface area contributed by atoms with Crippen molar-refractivity contribution in [1.29, 1.82) is 0 Å². The van der Waals surface area contributed by atoms with Gasteiger partial charge in [0, 0.05) is 29.7 Å². The Morgan fingerprint density at radius 1 is 0.800 bits per heavy atom. The minimum Gasteiger partial charge on any atom is -0.496 e. The first-order valence-corrected chi connectivity index (χ1v) is 13.2. The molecule has 1 saturated carbocycles. The third-order valence-electron chi connectivity index (χ3n) is 7.42. The van der Waals surface area contributed by atoms with E-state index in [0.29, 0.717) is 22.8 Å². The Hall–Kier alpha value is -4.39. The van der Waals surface area contributed by atoms with Crippen LogP contribution >= 0.6 is 0 Å². The second-order valence-electron chi connectivity index (χ2n) is 9.52. The van der Waals surface area contributed by atoms with E-state index in [2.05, 4.69) is 0 Å². The number of methoxy groups -OCH3 is 3. The fourth-order valence-electron chi connectivity index (χ4n) is 5.69. The van der Waals surface area contributed by atoms with E-state index in [0.717, 1.165) is 11.1 Å². The van der Waals surface area contributed by atoms with Gasteiger partial charge >= 0.3 is 5.97 Å². The van der Waals surface area contributed by atoms with Crippen LogP contribution in [0.2, 0.25) is 0 Å². The van der Waals surface area contributed by atoms with Gasteiger partial charge < -0.3 is 18.9 Å². The lowest BCUT2D eigenvalue weighted by Gasteiger charge is -2.41. The highest BCUT2D eigenvalue weighted by Gasteiger charge is 2.52. The molecule has 1 aliphatic carbocycles. The van der Waals surface area contributed by atoms with Crippen molar-refractivity contribution in [2.24, 2.45) is 11.8 Å². The molecule has 1 fully saturated rings. The van der Waals surface area contributed by atoms with E-state index in [4.69, 9.17) is 18.9 Å². The molecule has 0 unspecified atom stereocenters. The molecule has 7 nitrogen and oxygen atoms in total. The molecule has 0 spiro atoms. The van der Waals surface area contributed by atoms with Crippen molar-refractivity contribution in [2.45, 2.75) is 25.2 Å². The van der Waals surface area contributed by atoms with E-state index in [-0.39, 0.29) is 24.6 Å². The monoisotopic (exact) mass is 542 g/mol. The highest BCUT2D eigenvalue weighted by molar-refractivity contribution is 6.05. The third-order valence-corrected chi connectivity index (χ3v) is 7.42. The molecular weight excluding hydrogens is 508 g/mol. The van der Waals surface area contributed by atoms with Crippen molar-refractivity contribution >= 4 is 23.6 Å². The van der Waals surface area contributed by atoms with Crippen LogP contribution in [0.1, 0.15) is 41.9 Å². The molecule has 0 heterocycles. The first kappa shape index (κ1) is 28.6. The molecule has 3 aromatic carbocycles. The summed E-state index contributed by atoms with van der Waals surface area (Å²) in [6.07, 6.45) is 3.19. The summed E-state index contributed by atoms with van der Waals surface area (Å²) in [6, 6.07) is 21.9. The first-order valence-electron chi connectivity index (χ1n) is 13.2. The van der Waals surface area contributed by atoms with Crippen LogP contribution in [0.4, 0.5) is 0 Å². The van der Waals surface area contributed by atoms with E-state index < -0.39 is 29.6 Å². The molecule has 0 saturated heterocycles. The molecule has 4 atom stereocenters. The Morgan fingerprint density at radius 3 is 1.98 bits per heavy atom. The fourth-order valence-corrected chi connectivity index (χ4v) is 5.69. The number of rotatable bonds is 10. The average Bonchev–Trinajstić information content (AvgIpc) is 2.99. The molecule has 0 aromatic heterocycles. The molecule has 0 aliphatic heterocycles. The highest BCUT2D eigenvalue weighted by atomic mass is 16.5. The van der Waals surface area contributed by atoms with Gasteiger partial charge in [-0.2, -0.15) is 0 Å². The maximum atomic E-state index is 14.3. The van der Waals surface area contributed by atoms with Crippen molar-refractivity contribution in [1.82, 2.24) is 0 Å². The topological polar surface area (TPSA) is 88.1 Å². The highest BCUT2D eigenvalue weighted by Crippen LogP contribution is 2.52. The fraction of sp³-hybridized carbons (Fsp3) is 0.303. The predicted octanol–water partition coefficient (Wildman–Crippen LogP) is 5.63. The molecule has 0 amide bonds. The molecule has 1 aliphatic rings. The number of para-hydroxylation sites is 3. The average molecular weight is 543 g/mol. The normalized spacial score (nSPS) is 20.6. The summed E-state index contributed by atoms with van der Waals surface area (Å²) in [5, 5.41) is 0. The number of ether oxygens (including phenoxy) is 4. The predicted molar refractivity (Wildman–Crippen MR) is 152 cm³/mol. The van der Waals surface area contributed by atoms with Crippen LogP contribution < -0.4 is 14.2 Å². The number of benzene rings is 3. The van der Waals surface area contributed by atoms with Crippen LogP contribution in [0, 0.1) is 11.8 Å². The number of ketones is 2. The first-order chi connectivity index (χ1) is 19.4. The summed E-state index contributed by atoms with van der Waals surface area (Å²) in [4.78, 5) is 41.4. The zero-order valence-electron chi connectivity index (χ0n) is 23.2. The SMILES string of the molecule is CCOC(=O)[C@@H]1C(=O)C[C@@H](c2ccccc2OC)[C@@H](C(=O)/C=C/c2ccccc2OC)[C@H]1c1ccccc1OC. The molecule has 0 radical (unpaired) electrons. The molecule has 0 bridgehead atoms. The van der Waals surface area contributed by atoms with E-state index in [1.54, 1.807) is 39.4 Å². The largest absolute Gasteiger partial charge is 0.496 e. The smallest absolute Gasteiger partial charge is 0.317 e. The lowest BCUT2D eigenvalue weighted by Crippen LogP contribution is -2.45. The second kappa shape index (κ2) is 13.1. The molecular formula is C33H34O7. The Morgan fingerprint density at radius 2 is 1.35 bits per heavy atom. The lowest BCUT2D eigenvalue weighted by molar-refractivity contribution is -0.155. The van der Waals surface area contributed by atoms with Crippen LogP contribution in [0.25, 0.3) is 6.08 Å². The number of hydrogen-bond donors (Lipinski definition) is 0. The van der Waals surface area contributed by atoms with Gasteiger partial charge in [-0.05, 0) is 48.4 Å². The zero-order valence-corrected chi connectivity index (χ0v) is 23.2. The standard InChI is InChI=1S/C33H34O7/c1-5-40-33(36)32-26(35)20-24(22-13-7-10-16-28(22)38-3)30(31(32)23-14-8-11-17-29(23)39-4)25(34)19-18-21-12-6-9-15-27(21)37-2/h6-19,24,30-32H,5,20H2,1-4H3/b19-18+/t24-,30-,31+,32+/m0/s1. The number of allylic oxidation sites excluding steroid dienone is 1. The van der Waals surface area contributed by atoms with Crippen LogP contribution in [0.3, 0.4) is 0 Å². The van der Waals surface area contributed by atoms with E-state index in [1.807, 2.05) is 60.7 Å². The van der Waals surface area contributed by atoms with Gasteiger partial charge in [-0.1, -0.05) is 54.6 Å². The molecule has 7 heteroatoms. The summed E-state index contributed by atoms with van der Waals surface area (Å²) in [5.41, 5.74) is 2.06. The van der Waals surface area contributed by atoms with Crippen LogP contribution in [-0.4, -0.2) is 45.5 Å². The summed E-state index contributed by atoms with van der Waals surface area (Å²) >= 11 is 0. The van der Waals surface area contributed by atoms with E-state index >= 15 is 0 Å². The van der Waals surface area contributed by atoms with Crippen molar-refractivity contribution in [2.75, 3.05) is 27.9 Å². The Kier molecular flexibility index (Phi) is 9.38. The van der Waals surface area contributed by atoms with E-state index in [1.165, 1.54) is 13.2 Å². The summed E-state index contributed by atoms with van der Waals surface area (Å²) in [6.45, 7) is 1.81. The third kappa shape index (κ3) is 5.78. The van der Waals surface area contributed by atoms with Gasteiger partial charge in [0.1, 0.15) is 28.9 Å². The van der Waals surface area contributed by atoms with Gasteiger partial charge in [0.15, 0.2) is 5.78 Å². The quantitative estimate of drug-likeness (QED) is 0.186. The maximum Gasteiger partial charge on any atom is 0.317 e. The van der Waals surface area contributed by atoms with E-state index in [9.17, 15) is 14.4 Å². The van der Waals surface area contributed by atoms with Crippen molar-refractivity contribution in [3.8, 4) is 17.2 Å². The lowest BCUT2D eigenvalue weighted by atomic mass is 9.60. The van der Waals surface area contributed by atoms with Crippen LogP contribution in [0.5, 0.6) is 17.2 Å². The Bertz CT molecular complexity index is 1390. The number of carbonyl (C=O) groups excluding carboxylic acids is 3. The summed E-state index contributed by atoms with van der Waals surface area (Å²) < 4.78 is 22.1. The molecule has 4 rings (SSSR count). The number of hydrogen-bond acceptors (Lipinski definition) is 7. The zero-order chi connectivity index (χ0) is 28.6. The molecule has 3 aromatic rings.